The summed E-state index contributed by atoms with van der Waals surface area (Å²) >= 11 is 0. The molecule has 1 heterocycles. The maximum Gasteiger partial charge on any atom is 0.332 e. The van der Waals surface area contributed by atoms with Crippen molar-refractivity contribution in [1.82, 2.24) is 9.55 Å². The van der Waals surface area contributed by atoms with Crippen LogP contribution in [0.4, 0.5) is 5.69 Å². The van der Waals surface area contributed by atoms with Gasteiger partial charge in [0.25, 0.3) is 5.56 Å². The van der Waals surface area contributed by atoms with Crippen LogP contribution in [0.5, 0.6) is 5.75 Å². The second-order valence-corrected chi connectivity index (χ2v) is 11.1. The monoisotopic (exact) mass is 497 g/mol. The highest BCUT2D eigenvalue weighted by Crippen LogP contribution is 2.41. The van der Waals surface area contributed by atoms with Gasteiger partial charge in [-0.15, -0.1) is 0 Å². The normalized spacial score (nSPS) is 13.7. The zero-order chi connectivity index (χ0) is 28.0. The minimum absolute atomic E-state index is 0.147. The van der Waals surface area contributed by atoms with Gasteiger partial charge in [0.2, 0.25) is 10.0 Å². The molecule has 3 aromatic carbocycles. The number of nitrogens with zero attached hydrogens (tertiary/aromatic N) is 1. The molecule has 9 heteroatoms. The van der Waals surface area contributed by atoms with Gasteiger partial charge in [-0.05, 0) is 52.1 Å². The van der Waals surface area contributed by atoms with Crippen LogP contribution in [-0.4, -0.2) is 31.3 Å². The zero-order valence-electron chi connectivity index (χ0n) is 22.7. The van der Waals surface area contributed by atoms with Crippen LogP contribution in [0.25, 0.3) is 27.6 Å². The number of hydrogen-bond donors (Lipinski definition) is 2. The van der Waals surface area contributed by atoms with Crippen LogP contribution in [0.1, 0.15) is 30.4 Å². The molecular weight excluding hydrogens is 467 g/mol. The van der Waals surface area contributed by atoms with Crippen LogP contribution in [0, 0.1) is 0 Å². The fraction of sp³-hybridized carbons (Fsp3) is 0.231. The first-order valence-corrected chi connectivity index (χ1v) is 12.6. The van der Waals surface area contributed by atoms with Crippen LogP contribution in [0.3, 0.4) is 0 Å². The number of rotatable bonds is 5. The number of fused-ring (bicyclic) bond motifs is 1. The van der Waals surface area contributed by atoms with E-state index < -0.39 is 33.7 Å². The minimum atomic E-state index is -3.45. The molecule has 0 aliphatic rings. The average molecular weight is 498 g/mol. The van der Waals surface area contributed by atoms with Gasteiger partial charge < -0.3 is 4.74 Å². The number of nitrogens with one attached hydrogen (secondary N) is 2. The second-order valence-electron chi connectivity index (χ2n) is 9.35. The third-order valence-corrected chi connectivity index (χ3v) is 6.15. The van der Waals surface area contributed by atoms with E-state index in [1.807, 2.05) is 26.8 Å². The lowest BCUT2D eigenvalue weighted by molar-refractivity contribution is 0.399. The van der Waals surface area contributed by atoms with Crippen molar-refractivity contribution in [3.63, 3.8) is 0 Å². The van der Waals surface area contributed by atoms with Gasteiger partial charge in [0.05, 0.1) is 23.1 Å². The smallest absolute Gasteiger partial charge is 0.332 e. The van der Waals surface area contributed by atoms with Gasteiger partial charge in [-0.3, -0.25) is 19.1 Å². The fourth-order valence-electron chi connectivity index (χ4n) is 3.95. The maximum absolute atomic E-state index is 12.6. The van der Waals surface area contributed by atoms with Gasteiger partial charge in [-0.25, -0.2) is 13.2 Å². The number of hydrogen-bond acceptors (Lipinski definition) is 5. The molecule has 2 N–H and O–H groups in total. The van der Waals surface area contributed by atoms with E-state index in [4.69, 9.17) is 8.85 Å². The first-order valence-electron chi connectivity index (χ1n) is 12.2. The number of benzene rings is 3. The predicted octanol–water partition coefficient (Wildman–Crippen LogP) is 4.02. The lowest BCUT2D eigenvalue weighted by Crippen LogP contribution is -2.27. The Labute approximate surface area is 207 Å². The molecule has 0 saturated carbocycles. The number of ether oxygens (including phenoxy) is 1. The summed E-state index contributed by atoms with van der Waals surface area (Å²) < 4.78 is 55.9. The first-order chi connectivity index (χ1) is 17.5. The molecule has 0 aliphatic heterocycles. The molecule has 1 aromatic heterocycles. The van der Waals surface area contributed by atoms with Crippen LogP contribution < -0.4 is 20.7 Å². The summed E-state index contributed by atoms with van der Waals surface area (Å²) in [5.41, 5.74) is 0.659. The molecule has 0 spiro atoms. The van der Waals surface area contributed by atoms with Crippen LogP contribution >= 0.6 is 0 Å². The summed E-state index contributed by atoms with van der Waals surface area (Å²) in [5.74, 6) is 0.147. The molecule has 4 rings (SSSR count). The summed E-state index contributed by atoms with van der Waals surface area (Å²) in [6, 6.07) is 15.0. The largest absolute Gasteiger partial charge is 0.496 e. The Bertz CT molecular complexity index is 1770. The van der Waals surface area contributed by atoms with Crippen molar-refractivity contribution in [2.24, 2.45) is 0 Å². The molecule has 0 radical (unpaired) electrons. The van der Waals surface area contributed by atoms with Crippen molar-refractivity contribution in [1.29, 1.82) is 0 Å². The Morgan fingerprint density at radius 2 is 1.71 bits per heavy atom. The van der Waals surface area contributed by atoms with Crippen molar-refractivity contribution >= 4 is 26.5 Å². The molecule has 8 nitrogen and oxygen atoms in total. The molecule has 4 aromatic rings. The fourth-order valence-corrected chi connectivity index (χ4v) is 4.50. The van der Waals surface area contributed by atoms with E-state index in [2.05, 4.69) is 9.71 Å². The molecule has 0 aliphatic carbocycles. The highest BCUT2D eigenvalue weighted by Gasteiger charge is 2.24. The highest BCUT2D eigenvalue weighted by atomic mass is 32.2. The van der Waals surface area contributed by atoms with Gasteiger partial charge in [-0.2, -0.15) is 0 Å². The minimum Gasteiger partial charge on any atom is -0.496 e. The average Bonchev–Trinajstić information content (AvgIpc) is 2.76. The quantitative estimate of drug-likeness (QED) is 0.405. The van der Waals surface area contributed by atoms with Crippen molar-refractivity contribution in [2.75, 3.05) is 18.0 Å². The molecule has 0 fully saturated rings. The van der Waals surface area contributed by atoms with E-state index in [0.29, 0.717) is 28.1 Å². The standard InChI is InChI=1S/C26H27N3O5S/c1-26(2,3)22-15-20(29-11-10-23(30)27-25(29)31)14-21(24(22)34-4)18-7-6-17-13-19(28-35(5,32)33)9-8-16(17)12-18/h6-15,28H,1-5H3,(H,27,30,31)/i4+1D3. The van der Waals surface area contributed by atoms with E-state index in [0.717, 1.165) is 17.0 Å². The Hall–Kier alpha value is -3.85. The molecular formula is C26H27N3O5S. The number of methoxy groups -OCH3 is 1. The van der Waals surface area contributed by atoms with E-state index in [1.165, 1.54) is 16.8 Å². The van der Waals surface area contributed by atoms with Crippen LogP contribution in [0.15, 0.2) is 70.4 Å². The third-order valence-electron chi connectivity index (χ3n) is 5.54. The summed E-state index contributed by atoms with van der Waals surface area (Å²) in [7, 11) is -6.19. The van der Waals surface area contributed by atoms with Crippen molar-refractivity contribution in [2.45, 2.75) is 26.2 Å². The van der Waals surface area contributed by atoms with Crippen molar-refractivity contribution < 1.29 is 17.3 Å². The van der Waals surface area contributed by atoms with Gasteiger partial charge in [0.1, 0.15) is 5.75 Å². The summed E-state index contributed by atoms with van der Waals surface area (Å²) in [4.78, 5) is 26.5. The lowest BCUT2D eigenvalue weighted by Gasteiger charge is -2.25. The third kappa shape index (κ3) is 5.14. The molecule has 0 atom stereocenters. The molecule has 0 bridgehead atoms. The number of aromatic nitrogens is 2. The Kier molecular flexibility index (Phi) is 5.12. The highest BCUT2D eigenvalue weighted by molar-refractivity contribution is 7.92. The summed E-state index contributed by atoms with van der Waals surface area (Å²) in [5, 5.41) is 1.52. The molecule has 0 amide bonds. The maximum atomic E-state index is 12.6. The number of aromatic amines is 1. The number of anilines is 1. The predicted molar refractivity (Wildman–Crippen MR) is 139 cm³/mol. The Morgan fingerprint density at radius 1 is 1.00 bits per heavy atom. The second kappa shape index (κ2) is 8.74. The van der Waals surface area contributed by atoms with Gasteiger partial charge in [0.15, 0.2) is 0 Å². The van der Waals surface area contributed by atoms with E-state index in [-0.39, 0.29) is 5.75 Å². The van der Waals surface area contributed by atoms with E-state index >= 15 is 0 Å². The molecule has 35 heavy (non-hydrogen) atoms. The number of sulfonamides is 1. The van der Waals surface area contributed by atoms with Crippen LogP contribution in [0.2, 0.25) is 0 Å². The van der Waals surface area contributed by atoms with Crippen molar-refractivity contribution in [3.8, 4) is 22.6 Å². The van der Waals surface area contributed by atoms with Gasteiger partial charge in [0, 0.05) is 29.1 Å². The van der Waals surface area contributed by atoms with Gasteiger partial charge in [-0.1, -0.05) is 39.0 Å². The molecule has 0 saturated heterocycles. The molecule has 182 valence electrons. The van der Waals surface area contributed by atoms with Crippen LogP contribution in [-0.2, 0) is 15.4 Å². The Balaban J connectivity index is 2.00. The molecule has 0 unspecified atom stereocenters. The topological polar surface area (TPSA) is 110 Å². The van der Waals surface area contributed by atoms with E-state index in [9.17, 15) is 18.0 Å². The lowest BCUT2D eigenvalue weighted by atomic mass is 9.83. The Morgan fingerprint density at radius 3 is 2.37 bits per heavy atom. The number of H-pyrrole nitrogens is 1. The summed E-state index contributed by atoms with van der Waals surface area (Å²) in [6.07, 6.45) is 2.42. The SMILES string of the molecule is [2H][13C]([2H])([2H])Oc1c(-c2ccc3cc(NS(C)(=O)=O)ccc3c2)cc(-n2ccc(=O)[nH]c2=O)cc1C(C)(C)C. The van der Waals surface area contributed by atoms with Gasteiger partial charge >= 0.3 is 5.69 Å². The van der Waals surface area contributed by atoms with E-state index in [1.54, 1.807) is 42.5 Å². The first kappa shape index (κ1) is 20.5. The van der Waals surface area contributed by atoms with Crippen molar-refractivity contribution in [3.05, 3.63) is 87.2 Å². The summed E-state index contributed by atoms with van der Waals surface area (Å²) in [6.45, 7) is 5.69. The zero-order valence-corrected chi connectivity index (χ0v) is 20.5.